The molecule has 9 heteroatoms. The predicted octanol–water partition coefficient (Wildman–Crippen LogP) is 7.38. The van der Waals surface area contributed by atoms with Gasteiger partial charge in [0.15, 0.2) is 16.7 Å². The van der Waals surface area contributed by atoms with E-state index < -0.39 is 23.7 Å². The lowest BCUT2D eigenvalue weighted by Gasteiger charge is -2.25. The quantitative estimate of drug-likeness (QED) is 0.117. The molecular weight excluding hydrogens is 558 g/mol. The van der Waals surface area contributed by atoms with Gasteiger partial charge in [-0.3, -0.25) is 4.79 Å². The number of fused-ring (bicyclic) bond motifs is 1. The van der Waals surface area contributed by atoms with Crippen molar-refractivity contribution in [1.82, 2.24) is 4.98 Å². The lowest BCUT2D eigenvalue weighted by atomic mass is 9.78. The van der Waals surface area contributed by atoms with Crippen molar-refractivity contribution >= 4 is 44.4 Å². The number of ether oxygens (including phenoxy) is 1. The van der Waals surface area contributed by atoms with Crippen LogP contribution in [0.25, 0.3) is 21.3 Å². The number of ketones is 1. The number of nitrogens with one attached hydrogen (secondary N) is 1. The fourth-order valence-corrected chi connectivity index (χ4v) is 5.69. The molecule has 2 N–H and O–H groups in total. The van der Waals surface area contributed by atoms with E-state index >= 15 is 0 Å². The summed E-state index contributed by atoms with van der Waals surface area (Å²) in [7, 11) is 1.53. The molecule has 1 aromatic heterocycles. The number of aliphatic hydroxyl groups is 1. The molecule has 0 spiro atoms. The number of aromatic nitrogens is 1. The summed E-state index contributed by atoms with van der Waals surface area (Å²) in [4.78, 5) is 29.3. The second kappa shape index (κ2) is 12.6. The van der Waals surface area contributed by atoms with Crippen LogP contribution in [0.5, 0.6) is 5.75 Å². The van der Waals surface area contributed by atoms with Crippen LogP contribution in [0.4, 0.5) is 19.6 Å². The number of hydrogen-bond donors (Lipinski definition) is 2. The molecule has 6 nitrogen and oxygen atoms in total. The molecule has 1 unspecified atom stereocenters. The van der Waals surface area contributed by atoms with Crippen LogP contribution in [0.15, 0.2) is 84.9 Å². The van der Waals surface area contributed by atoms with Gasteiger partial charge in [0, 0.05) is 18.1 Å². The van der Waals surface area contributed by atoms with Crippen LogP contribution in [0.2, 0.25) is 0 Å². The first-order chi connectivity index (χ1) is 20.3. The summed E-state index contributed by atoms with van der Waals surface area (Å²) in [5.74, 6) is -1.10. The first kappa shape index (κ1) is 29.0. The minimum absolute atomic E-state index is 0.0876. The molecule has 4 aromatic carbocycles. The number of nitrogens with zero attached hydrogens (tertiary/aromatic N) is 1. The van der Waals surface area contributed by atoms with Crippen molar-refractivity contribution in [2.24, 2.45) is 5.41 Å². The van der Waals surface area contributed by atoms with Crippen LogP contribution in [0.1, 0.15) is 28.8 Å². The molecule has 0 bridgehead atoms. The summed E-state index contributed by atoms with van der Waals surface area (Å²) in [6.45, 7) is -0.407. The lowest BCUT2D eigenvalue weighted by molar-refractivity contribution is -0.118. The van der Waals surface area contributed by atoms with Gasteiger partial charge in [-0.1, -0.05) is 72.0 Å². The molecule has 0 aliphatic heterocycles. The highest BCUT2D eigenvalue weighted by molar-refractivity contribution is 7.22. The van der Waals surface area contributed by atoms with Crippen molar-refractivity contribution in [3.05, 3.63) is 108 Å². The zero-order valence-electron chi connectivity index (χ0n) is 22.8. The molecular formula is C33H28F2N2O4S. The second-order valence-corrected chi connectivity index (χ2v) is 11.1. The number of aliphatic hydroxyl groups excluding tert-OH is 1. The van der Waals surface area contributed by atoms with Gasteiger partial charge in [0.05, 0.1) is 29.5 Å². The molecule has 0 fully saturated rings. The van der Waals surface area contributed by atoms with Crippen molar-refractivity contribution in [2.75, 3.05) is 19.0 Å². The number of aldehydes is 1. The number of carbonyl (C=O) groups excluding carboxylic acids is 2. The van der Waals surface area contributed by atoms with Gasteiger partial charge in [0.1, 0.15) is 23.4 Å². The third-order valence-electron chi connectivity index (χ3n) is 7.23. The van der Waals surface area contributed by atoms with Gasteiger partial charge in [-0.25, -0.2) is 13.8 Å². The minimum atomic E-state index is -1.15. The van der Waals surface area contributed by atoms with E-state index in [2.05, 4.69) is 10.3 Å². The van der Waals surface area contributed by atoms with E-state index in [-0.39, 0.29) is 17.7 Å². The monoisotopic (exact) mass is 586 g/mol. The number of aryl methyl sites for hydroxylation is 1. The Kier molecular flexibility index (Phi) is 8.70. The Morgan fingerprint density at radius 2 is 1.76 bits per heavy atom. The number of Topliss-reactive ketones (excluding diaryl/α,β-unsaturated/α-hetero) is 1. The molecule has 42 heavy (non-hydrogen) atoms. The van der Waals surface area contributed by atoms with E-state index in [0.29, 0.717) is 46.0 Å². The maximum absolute atomic E-state index is 14.1. The molecule has 0 saturated heterocycles. The molecule has 0 aliphatic carbocycles. The number of halogens is 2. The highest BCUT2D eigenvalue weighted by atomic mass is 32.1. The van der Waals surface area contributed by atoms with Gasteiger partial charge in [-0.2, -0.15) is 0 Å². The predicted molar refractivity (Wildman–Crippen MR) is 161 cm³/mol. The summed E-state index contributed by atoms with van der Waals surface area (Å²) < 4.78 is 33.6. The van der Waals surface area contributed by atoms with E-state index in [0.717, 1.165) is 34.1 Å². The number of hydrogen-bond acceptors (Lipinski definition) is 7. The van der Waals surface area contributed by atoms with Gasteiger partial charge in [-0.05, 0) is 47.7 Å². The molecule has 1 atom stereocenters. The van der Waals surface area contributed by atoms with Crippen molar-refractivity contribution in [3.8, 4) is 16.9 Å². The molecule has 5 rings (SSSR count). The Morgan fingerprint density at radius 3 is 2.45 bits per heavy atom. The van der Waals surface area contributed by atoms with Crippen LogP contribution in [-0.2, 0) is 11.2 Å². The maximum atomic E-state index is 14.1. The van der Waals surface area contributed by atoms with E-state index in [1.54, 1.807) is 18.2 Å². The number of rotatable bonds is 12. The topological polar surface area (TPSA) is 88.5 Å². The normalized spacial score (nSPS) is 12.6. The molecule has 5 aromatic rings. The molecule has 0 amide bonds. The van der Waals surface area contributed by atoms with Gasteiger partial charge in [0.2, 0.25) is 0 Å². The second-order valence-electron chi connectivity index (χ2n) is 10.1. The Morgan fingerprint density at radius 1 is 1.02 bits per heavy atom. The Bertz CT molecular complexity index is 1720. The van der Waals surface area contributed by atoms with E-state index in [4.69, 9.17) is 4.74 Å². The van der Waals surface area contributed by atoms with Gasteiger partial charge >= 0.3 is 0 Å². The largest absolute Gasteiger partial charge is 0.495 e. The SMILES string of the molecule is COc1cc(-c2ccc(C(=O)CC(C=O)(CO)CCc3ccccc3)cc2)ccc1Nc1nc2c(F)cc(F)cc2s1. The molecule has 1 heterocycles. The zero-order chi connectivity index (χ0) is 29.7. The fraction of sp³-hybridized carbons (Fsp3) is 0.182. The maximum Gasteiger partial charge on any atom is 0.188 e. The Labute approximate surface area is 245 Å². The highest BCUT2D eigenvalue weighted by Gasteiger charge is 2.32. The number of benzene rings is 4. The van der Waals surface area contributed by atoms with E-state index in [1.807, 2.05) is 54.6 Å². The van der Waals surface area contributed by atoms with Crippen molar-refractivity contribution in [2.45, 2.75) is 19.3 Å². The average Bonchev–Trinajstić information content (AvgIpc) is 3.42. The van der Waals surface area contributed by atoms with Crippen molar-refractivity contribution < 1.29 is 28.2 Å². The van der Waals surface area contributed by atoms with Crippen molar-refractivity contribution in [3.63, 3.8) is 0 Å². The first-order valence-corrected chi connectivity index (χ1v) is 14.1. The minimum Gasteiger partial charge on any atom is -0.495 e. The smallest absolute Gasteiger partial charge is 0.188 e. The summed E-state index contributed by atoms with van der Waals surface area (Å²) in [6, 6.07) is 24.2. The van der Waals surface area contributed by atoms with Crippen LogP contribution in [0.3, 0.4) is 0 Å². The van der Waals surface area contributed by atoms with Crippen LogP contribution >= 0.6 is 11.3 Å². The third-order valence-corrected chi connectivity index (χ3v) is 8.15. The average molecular weight is 587 g/mol. The summed E-state index contributed by atoms with van der Waals surface area (Å²) >= 11 is 1.13. The Hall–Kier alpha value is -4.47. The van der Waals surface area contributed by atoms with Crippen LogP contribution < -0.4 is 10.1 Å². The third kappa shape index (κ3) is 6.37. The highest BCUT2D eigenvalue weighted by Crippen LogP contribution is 2.36. The number of carbonyl (C=O) groups is 2. The van der Waals surface area contributed by atoms with Gasteiger partial charge in [-0.15, -0.1) is 0 Å². The van der Waals surface area contributed by atoms with Crippen LogP contribution in [0, 0.1) is 17.0 Å². The Balaban J connectivity index is 1.29. The summed E-state index contributed by atoms with van der Waals surface area (Å²) in [6.07, 6.45) is 1.56. The van der Waals surface area contributed by atoms with Gasteiger partial charge < -0.3 is 20.0 Å². The number of anilines is 2. The van der Waals surface area contributed by atoms with E-state index in [9.17, 15) is 23.5 Å². The summed E-state index contributed by atoms with van der Waals surface area (Å²) in [5, 5.41) is 13.5. The number of methoxy groups -OCH3 is 1. The lowest BCUT2D eigenvalue weighted by Crippen LogP contribution is -2.31. The number of thiazole rings is 1. The molecule has 0 radical (unpaired) electrons. The van der Waals surface area contributed by atoms with E-state index in [1.165, 1.54) is 13.2 Å². The molecule has 0 saturated carbocycles. The fourth-order valence-electron chi connectivity index (χ4n) is 4.77. The van der Waals surface area contributed by atoms with Crippen LogP contribution in [-0.4, -0.2) is 35.9 Å². The van der Waals surface area contributed by atoms with Gasteiger partial charge in [0.25, 0.3) is 0 Å². The van der Waals surface area contributed by atoms with Crippen molar-refractivity contribution in [1.29, 1.82) is 0 Å². The summed E-state index contributed by atoms with van der Waals surface area (Å²) in [5.41, 5.74) is 2.69. The first-order valence-electron chi connectivity index (χ1n) is 13.3. The molecule has 0 aliphatic rings. The standard InChI is InChI=1S/C33H28F2N2O4S/c1-41-29-15-24(11-12-27(29)36-32-37-31-26(35)16-25(34)17-30(31)42-32)22-7-9-23(10-8-22)28(40)18-33(19-38,20-39)14-13-21-5-3-2-4-6-21/h2-12,15-17,19,39H,13-14,18,20H2,1H3,(H,36,37). The molecule has 214 valence electrons. The zero-order valence-corrected chi connectivity index (χ0v) is 23.6.